The van der Waals surface area contributed by atoms with Crippen molar-refractivity contribution in [3.8, 4) is 17.1 Å². The van der Waals surface area contributed by atoms with Gasteiger partial charge >= 0.3 is 5.97 Å². The molecule has 1 aromatic carbocycles. The van der Waals surface area contributed by atoms with Crippen molar-refractivity contribution in [2.45, 2.75) is 13.3 Å². The van der Waals surface area contributed by atoms with E-state index in [-0.39, 0.29) is 18.0 Å². The summed E-state index contributed by atoms with van der Waals surface area (Å²) in [5.41, 5.74) is 4.14. The molecule has 3 N–H and O–H groups in total. The molecule has 2 aromatic rings. The van der Waals surface area contributed by atoms with Gasteiger partial charge in [-0.2, -0.15) is 0 Å². The Morgan fingerprint density at radius 2 is 2.14 bits per heavy atom. The van der Waals surface area contributed by atoms with E-state index in [0.717, 1.165) is 18.3 Å². The van der Waals surface area contributed by atoms with Gasteiger partial charge in [0.2, 0.25) is 0 Å². The first kappa shape index (κ1) is 15.6. The molecule has 0 aliphatic carbocycles. The molecule has 2 rings (SSSR count). The second-order valence-corrected chi connectivity index (χ2v) is 4.39. The fraction of sp³-hybridized carbons (Fsp3) is 0.214. The molecule has 0 aliphatic heterocycles. The number of nitrogen functional groups attached to an aromatic ring is 1. The number of nitrogens with zero attached hydrogens (tertiary/aromatic N) is 2. The van der Waals surface area contributed by atoms with Gasteiger partial charge in [-0.1, -0.05) is 6.92 Å². The van der Waals surface area contributed by atoms with E-state index in [1.165, 1.54) is 0 Å². The van der Waals surface area contributed by atoms with Crippen molar-refractivity contribution in [3.05, 3.63) is 35.7 Å². The number of carbonyl (C=O) groups is 1. The number of halogens is 2. The van der Waals surface area contributed by atoms with E-state index in [9.17, 15) is 13.6 Å². The number of benzene rings is 1. The Kier molecular flexibility index (Phi) is 4.50. The molecule has 0 bridgehead atoms. The van der Waals surface area contributed by atoms with Crippen LogP contribution >= 0.6 is 0 Å². The monoisotopic (exact) mass is 309 g/mol. The first-order valence-electron chi connectivity index (χ1n) is 6.42. The van der Waals surface area contributed by atoms with Gasteiger partial charge in [-0.25, -0.2) is 23.5 Å². The van der Waals surface area contributed by atoms with E-state index in [4.69, 9.17) is 15.6 Å². The Balaban J connectivity index is 2.57. The molecular weight excluding hydrogens is 296 g/mol. The van der Waals surface area contributed by atoms with Gasteiger partial charge < -0.3 is 15.6 Å². The maximum atomic E-state index is 14.4. The van der Waals surface area contributed by atoms with Crippen molar-refractivity contribution in [2.24, 2.45) is 0 Å². The number of aromatic carboxylic acids is 1. The molecule has 1 aromatic heterocycles. The third-order valence-electron chi connectivity index (χ3n) is 2.76. The molecule has 0 fully saturated rings. The lowest BCUT2D eigenvalue weighted by Crippen LogP contribution is -2.09. The number of carboxylic acids is 1. The van der Waals surface area contributed by atoms with Gasteiger partial charge in [-0.15, -0.1) is 0 Å². The first-order valence-corrected chi connectivity index (χ1v) is 6.42. The summed E-state index contributed by atoms with van der Waals surface area (Å²) >= 11 is 0. The molecule has 116 valence electrons. The number of aromatic nitrogens is 2. The Morgan fingerprint density at radius 1 is 1.41 bits per heavy atom. The number of carboxylic acid groups (broad SMARTS) is 1. The van der Waals surface area contributed by atoms with Crippen LogP contribution in [-0.4, -0.2) is 27.7 Å². The largest absolute Gasteiger partial charge is 0.491 e. The predicted octanol–water partition coefficient (Wildman–Crippen LogP) is 2.49. The third-order valence-corrected chi connectivity index (χ3v) is 2.76. The van der Waals surface area contributed by atoms with E-state index >= 15 is 0 Å². The number of nitrogens with two attached hydrogens (primary N) is 1. The topological polar surface area (TPSA) is 98.3 Å². The zero-order valence-electron chi connectivity index (χ0n) is 11.6. The SMILES string of the molecule is CCCOc1ccc(F)c(-c2ncc(N)c(C(=O)O)n2)c1F. The molecule has 1 heterocycles. The van der Waals surface area contributed by atoms with Gasteiger partial charge in [0.1, 0.15) is 5.82 Å². The van der Waals surface area contributed by atoms with Crippen LogP contribution in [0.5, 0.6) is 5.75 Å². The minimum atomic E-state index is -1.42. The Bertz CT molecular complexity index is 723. The molecule has 22 heavy (non-hydrogen) atoms. The molecule has 0 spiro atoms. The summed E-state index contributed by atoms with van der Waals surface area (Å²) in [6.45, 7) is 2.09. The van der Waals surface area contributed by atoms with Crippen LogP contribution in [-0.2, 0) is 0 Å². The van der Waals surface area contributed by atoms with Crippen LogP contribution in [0.25, 0.3) is 11.4 Å². The van der Waals surface area contributed by atoms with E-state index < -0.39 is 34.7 Å². The van der Waals surface area contributed by atoms with Crippen LogP contribution in [0.4, 0.5) is 14.5 Å². The van der Waals surface area contributed by atoms with Crippen molar-refractivity contribution in [1.29, 1.82) is 0 Å². The predicted molar refractivity (Wildman–Crippen MR) is 74.5 cm³/mol. The highest BCUT2D eigenvalue weighted by Gasteiger charge is 2.21. The van der Waals surface area contributed by atoms with Crippen LogP contribution in [0.3, 0.4) is 0 Å². The smallest absolute Gasteiger partial charge is 0.356 e. The minimum absolute atomic E-state index is 0.157. The molecule has 6 nitrogen and oxygen atoms in total. The number of rotatable bonds is 5. The Hall–Kier alpha value is -2.77. The standard InChI is InChI=1S/C14H13F2N3O3/c1-2-5-22-9-4-3-7(15)10(11(9)16)13-18-6-8(17)12(19-13)14(20)21/h3-4,6H,2,5,17H2,1H3,(H,20,21). The van der Waals surface area contributed by atoms with Gasteiger partial charge in [0.25, 0.3) is 0 Å². The lowest BCUT2D eigenvalue weighted by molar-refractivity contribution is 0.0691. The highest BCUT2D eigenvalue weighted by molar-refractivity contribution is 5.91. The van der Waals surface area contributed by atoms with Crippen LogP contribution in [0.1, 0.15) is 23.8 Å². The van der Waals surface area contributed by atoms with E-state index in [1.54, 1.807) is 0 Å². The van der Waals surface area contributed by atoms with Crippen LogP contribution < -0.4 is 10.5 Å². The fourth-order valence-corrected chi connectivity index (χ4v) is 1.74. The van der Waals surface area contributed by atoms with Gasteiger partial charge in [-0.3, -0.25) is 0 Å². The summed E-state index contributed by atoms with van der Waals surface area (Å²) in [6.07, 6.45) is 1.64. The van der Waals surface area contributed by atoms with Crippen LogP contribution in [0.15, 0.2) is 18.3 Å². The van der Waals surface area contributed by atoms with E-state index in [1.807, 2.05) is 6.92 Å². The molecule has 0 saturated carbocycles. The second-order valence-electron chi connectivity index (χ2n) is 4.39. The molecule has 0 saturated heterocycles. The maximum absolute atomic E-state index is 14.4. The average Bonchev–Trinajstić information content (AvgIpc) is 2.48. The van der Waals surface area contributed by atoms with Gasteiger partial charge in [0.15, 0.2) is 23.1 Å². The quantitative estimate of drug-likeness (QED) is 0.880. The molecular formula is C14H13F2N3O3. The van der Waals surface area contributed by atoms with Crippen molar-refractivity contribution in [1.82, 2.24) is 9.97 Å². The van der Waals surface area contributed by atoms with Crippen molar-refractivity contribution in [2.75, 3.05) is 12.3 Å². The molecule has 0 unspecified atom stereocenters. The zero-order chi connectivity index (χ0) is 16.3. The molecule has 0 radical (unpaired) electrons. The Labute approximate surface area is 124 Å². The second kappa shape index (κ2) is 6.33. The van der Waals surface area contributed by atoms with E-state index in [0.29, 0.717) is 6.42 Å². The van der Waals surface area contributed by atoms with Crippen molar-refractivity contribution >= 4 is 11.7 Å². The Morgan fingerprint density at radius 3 is 2.77 bits per heavy atom. The molecule has 0 atom stereocenters. The van der Waals surface area contributed by atoms with Gasteiger partial charge in [-0.05, 0) is 18.6 Å². The van der Waals surface area contributed by atoms with Crippen LogP contribution in [0, 0.1) is 11.6 Å². The van der Waals surface area contributed by atoms with Gasteiger partial charge in [0, 0.05) is 0 Å². The van der Waals surface area contributed by atoms with Crippen molar-refractivity contribution in [3.63, 3.8) is 0 Å². The zero-order valence-corrected chi connectivity index (χ0v) is 11.6. The number of hydrogen-bond donors (Lipinski definition) is 2. The summed E-state index contributed by atoms with van der Waals surface area (Å²) in [5, 5.41) is 8.96. The lowest BCUT2D eigenvalue weighted by atomic mass is 10.1. The minimum Gasteiger partial charge on any atom is -0.491 e. The first-order chi connectivity index (χ1) is 10.5. The molecule has 0 aliphatic rings. The number of ether oxygens (including phenoxy) is 1. The third kappa shape index (κ3) is 2.95. The fourth-order valence-electron chi connectivity index (χ4n) is 1.74. The number of hydrogen-bond acceptors (Lipinski definition) is 5. The highest BCUT2D eigenvalue weighted by atomic mass is 19.1. The van der Waals surface area contributed by atoms with E-state index in [2.05, 4.69) is 9.97 Å². The summed E-state index contributed by atoms with van der Waals surface area (Å²) < 4.78 is 33.4. The average molecular weight is 309 g/mol. The summed E-state index contributed by atoms with van der Waals surface area (Å²) in [4.78, 5) is 18.3. The lowest BCUT2D eigenvalue weighted by Gasteiger charge is -2.10. The molecule has 8 heteroatoms. The molecule has 0 amide bonds. The summed E-state index contributed by atoms with van der Waals surface area (Å²) in [6, 6.07) is 2.16. The maximum Gasteiger partial charge on any atom is 0.356 e. The van der Waals surface area contributed by atoms with Crippen molar-refractivity contribution < 1.29 is 23.4 Å². The summed E-state index contributed by atoms with van der Waals surface area (Å²) in [7, 11) is 0. The highest BCUT2D eigenvalue weighted by Crippen LogP contribution is 2.30. The van der Waals surface area contributed by atoms with Crippen LogP contribution in [0.2, 0.25) is 0 Å². The normalized spacial score (nSPS) is 10.5. The van der Waals surface area contributed by atoms with Gasteiger partial charge in [0.05, 0.1) is 24.1 Å². The summed E-state index contributed by atoms with van der Waals surface area (Å²) in [5.74, 6) is -3.91. The number of anilines is 1.